The number of hydrogen-bond acceptors (Lipinski definition) is 5. The Bertz CT molecular complexity index is 881. The van der Waals surface area contributed by atoms with E-state index in [0.29, 0.717) is 44.8 Å². The third-order valence-electron chi connectivity index (χ3n) is 5.92. The van der Waals surface area contributed by atoms with E-state index in [2.05, 4.69) is 5.32 Å². The molecule has 31 heavy (non-hydrogen) atoms. The van der Waals surface area contributed by atoms with E-state index in [1.165, 1.54) is 0 Å². The van der Waals surface area contributed by atoms with Gasteiger partial charge in [0.25, 0.3) is 0 Å². The first-order valence-electron chi connectivity index (χ1n) is 10.5. The van der Waals surface area contributed by atoms with Gasteiger partial charge in [0.2, 0.25) is 5.91 Å². The molecule has 0 unspecified atom stereocenters. The van der Waals surface area contributed by atoms with Crippen molar-refractivity contribution in [3.63, 3.8) is 0 Å². The second-order valence-electron chi connectivity index (χ2n) is 7.81. The minimum Gasteiger partial charge on any atom is -0.492 e. The molecule has 1 aliphatic heterocycles. The van der Waals surface area contributed by atoms with Crippen molar-refractivity contribution in [1.82, 2.24) is 10.2 Å². The molecule has 2 aromatic rings. The number of carboxylic acids is 1. The molecular formula is C24H30N2O5. The number of carbonyl (C=O) groups is 2. The highest BCUT2D eigenvalue weighted by Crippen LogP contribution is 2.29. The summed E-state index contributed by atoms with van der Waals surface area (Å²) in [6.07, 6.45) is 1.13. The summed E-state index contributed by atoms with van der Waals surface area (Å²) in [5, 5.41) is 12.5. The Morgan fingerprint density at radius 3 is 2.45 bits per heavy atom. The topological polar surface area (TPSA) is 88.1 Å². The molecule has 0 radical (unpaired) electrons. The molecular weight excluding hydrogens is 396 g/mol. The summed E-state index contributed by atoms with van der Waals surface area (Å²) in [6, 6.07) is 15.9. The summed E-state index contributed by atoms with van der Waals surface area (Å²) in [6.45, 7) is 3.83. The van der Waals surface area contributed by atoms with E-state index in [0.717, 1.165) is 5.75 Å². The molecule has 1 atom stereocenters. The van der Waals surface area contributed by atoms with Gasteiger partial charge in [0.1, 0.15) is 17.9 Å². The van der Waals surface area contributed by atoms with Crippen LogP contribution in [0.1, 0.15) is 41.7 Å². The molecule has 1 saturated heterocycles. The van der Waals surface area contributed by atoms with E-state index >= 15 is 0 Å². The van der Waals surface area contributed by atoms with Crippen LogP contribution in [0, 0.1) is 0 Å². The predicted molar refractivity (Wildman–Crippen MR) is 117 cm³/mol. The molecule has 1 fully saturated rings. The van der Waals surface area contributed by atoms with E-state index in [1.807, 2.05) is 49.2 Å². The summed E-state index contributed by atoms with van der Waals surface area (Å²) in [5.41, 5.74) is 0.0478. The minimum atomic E-state index is -1.01. The molecule has 0 bridgehead atoms. The van der Waals surface area contributed by atoms with Gasteiger partial charge in [0.15, 0.2) is 0 Å². The van der Waals surface area contributed by atoms with Crippen molar-refractivity contribution in [2.75, 3.05) is 33.4 Å². The Balaban J connectivity index is 1.70. The van der Waals surface area contributed by atoms with Gasteiger partial charge in [-0.15, -0.1) is 0 Å². The summed E-state index contributed by atoms with van der Waals surface area (Å²) in [4.78, 5) is 27.1. The Kier molecular flexibility index (Phi) is 7.65. The zero-order valence-electron chi connectivity index (χ0n) is 18.0. The summed E-state index contributed by atoms with van der Waals surface area (Å²) < 4.78 is 11.3. The fraction of sp³-hybridized carbons (Fsp3) is 0.417. The monoisotopic (exact) mass is 426 g/mol. The van der Waals surface area contributed by atoms with E-state index in [-0.39, 0.29) is 11.5 Å². The summed E-state index contributed by atoms with van der Waals surface area (Å²) in [5.74, 6) is -0.335. The van der Waals surface area contributed by atoms with Gasteiger partial charge < -0.3 is 19.9 Å². The maximum atomic E-state index is 13.5. The quantitative estimate of drug-likeness (QED) is 0.641. The van der Waals surface area contributed by atoms with Gasteiger partial charge in [-0.1, -0.05) is 36.4 Å². The van der Waals surface area contributed by atoms with E-state index in [1.54, 1.807) is 24.3 Å². The van der Waals surface area contributed by atoms with Gasteiger partial charge in [-0.2, -0.15) is 0 Å². The first kappa shape index (κ1) is 22.8. The number of ether oxygens (including phenoxy) is 2. The smallest absolute Gasteiger partial charge is 0.336 e. The number of nitrogens with zero attached hydrogens (tertiary/aromatic N) is 1. The fourth-order valence-corrected chi connectivity index (χ4v) is 4.00. The molecule has 3 rings (SSSR count). The number of nitrogens with one attached hydrogen (secondary N) is 1. The normalized spacial score (nSPS) is 16.5. The number of carboxylic acid groups (broad SMARTS) is 1. The number of likely N-dealkylation sites (N-methyl/N-ethyl adjacent to an activating group) is 1. The van der Waals surface area contributed by atoms with Crippen LogP contribution in [0.15, 0.2) is 54.6 Å². The number of carbonyl (C=O) groups excluding carboxylic acids is 1. The summed E-state index contributed by atoms with van der Waals surface area (Å²) >= 11 is 0. The highest BCUT2D eigenvalue weighted by molar-refractivity contribution is 5.90. The Morgan fingerprint density at radius 1 is 1.13 bits per heavy atom. The van der Waals surface area contributed by atoms with Crippen molar-refractivity contribution in [1.29, 1.82) is 0 Å². The first-order chi connectivity index (χ1) is 14.9. The van der Waals surface area contributed by atoms with Crippen LogP contribution in [-0.2, 0) is 9.53 Å². The standard InChI is InChI=1S/C24H30N2O5/c1-18(20-10-6-7-11-21(20)22(27)28)25-23(29)24(12-15-30-16-13-24)26(2)14-17-31-19-8-4-3-5-9-19/h3-11,18H,12-17H2,1-2H3,(H,25,29)(H,27,28)/t18-/m0/s1. The van der Waals surface area contributed by atoms with Crippen LogP contribution in [0.2, 0.25) is 0 Å². The number of aromatic carboxylic acids is 1. The van der Waals surface area contributed by atoms with Crippen molar-refractivity contribution in [2.45, 2.75) is 31.3 Å². The molecule has 0 aromatic heterocycles. The van der Waals surface area contributed by atoms with Gasteiger partial charge in [0, 0.05) is 19.8 Å². The maximum Gasteiger partial charge on any atom is 0.336 e. The van der Waals surface area contributed by atoms with Crippen LogP contribution >= 0.6 is 0 Å². The molecule has 0 spiro atoms. The third kappa shape index (κ3) is 5.42. The van der Waals surface area contributed by atoms with Crippen LogP contribution in [-0.4, -0.2) is 60.8 Å². The number of rotatable bonds is 9. The van der Waals surface area contributed by atoms with Gasteiger partial charge in [-0.05, 0) is 50.6 Å². The number of benzene rings is 2. The van der Waals surface area contributed by atoms with Crippen LogP contribution in [0.5, 0.6) is 5.75 Å². The minimum absolute atomic E-state index is 0.120. The fourth-order valence-electron chi connectivity index (χ4n) is 4.00. The lowest BCUT2D eigenvalue weighted by atomic mass is 9.86. The molecule has 0 saturated carbocycles. The predicted octanol–water partition coefficient (Wildman–Crippen LogP) is 3.12. The summed E-state index contributed by atoms with van der Waals surface area (Å²) in [7, 11) is 1.93. The third-order valence-corrected chi connectivity index (χ3v) is 5.92. The zero-order chi connectivity index (χ0) is 22.3. The lowest BCUT2D eigenvalue weighted by molar-refractivity contribution is -0.140. The van der Waals surface area contributed by atoms with E-state index in [9.17, 15) is 14.7 Å². The van der Waals surface area contributed by atoms with E-state index < -0.39 is 17.6 Å². The van der Waals surface area contributed by atoms with Gasteiger partial charge in [0.05, 0.1) is 11.6 Å². The van der Waals surface area contributed by atoms with Crippen molar-refractivity contribution < 1.29 is 24.2 Å². The second kappa shape index (κ2) is 10.4. The van der Waals surface area contributed by atoms with Gasteiger partial charge in [-0.25, -0.2) is 4.79 Å². The van der Waals surface area contributed by atoms with Gasteiger partial charge >= 0.3 is 5.97 Å². The number of hydrogen-bond donors (Lipinski definition) is 2. The molecule has 7 nitrogen and oxygen atoms in total. The SMILES string of the molecule is C[C@H](NC(=O)C1(N(C)CCOc2ccccc2)CCOCC1)c1ccccc1C(=O)O. The van der Waals surface area contributed by atoms with Crippen LogP contribution in [0.4, 0.5) is 0 Å². The number of para-hydroxylation sites is 1. The van der Waals surface area contributed by atoms with Crippen molar-refractivity contribution in [3.8, 4) is 5.75 Å². The number of amides is 1. The second-order valence-corrected chi connectivity index (χ2v) is 7.81. The van der Waals surface area contributed by atoms with Crippen LogP contribution in [0.25, 0.3) is 0 Å². The molecule has 1 heterocycles. The maximum absolute atomic E-state index is 13.5. The average Bonchev–Trinajstić information content (AvgIpc) is 2.80. The van der Waals surface area contributed by atoms with Crippen LogP contribution in [0.3, 0.4) is 0 Å². The van der Waals surface area contributed by atoms with Crippen molar-refractivity contribution in [2.24, 2.45) is 0 Å². The first-order valence-corrected chi connectivity index (χ1v) is 10.5. The highest BCUT2D eigenvalue weighted by atomic mass is 16.5. The molecule has 166 valence electrons. The zero-order valence-corrected chi connectivity index (χ0v) is 18.0. The molecule has 0 aliphatic carbocycles. The Labute approximate surface area is 183 Å². The molecule has 7 heteroatoms. The Morgan fingerprint density at radius 2 is 1.77 bits per heavy atom. The lowest BCUT2D eigenvalue weighted by Gasteiger charge is -2.43. The largest absolute Gasteiger partial charge is 0.492 e. The lowest BCUT2D eigenvalue weighted by Crippen LogP contribution is -2.61. The average molecular weight is 427 g/mol. The van der Waals surface area contributed by atoms with E-state index in [4.69, 9.17) is 9.47 Å². The molecule has 2 N–H and O–H groups in total. The van der Waals surface area contributed by atoms with Gasteiger partial charge in [-0.3, -0.25) is 9.69 Å². The molecule has 2 aromatic carbocycles. The Hall–Kier alpha value is -2.90. The molecule has 1 amide bonds. The van der Waals surface area contributed by atoms with Crippen molar-refractivity contribution >= 4 is 11.9 Å². The highest BCUT2D eigenvalue weighted by Gasteiger charge is 2.44. The molecule has 1 aliphatic rings. The van der Waals surface area contributed by atoms with Crippen molar-refractivity contribution in [3.05, 3.63) is 65.7 Å². The van der Waals surface area contributed by atoms with Crippen LogP contribution < -0.4 is 10.1 Å².